The van der Waals surface area contributed by atoms with Crippen molar-refractivity contribution < 1.29 is 22.4 Å². The van der Waals surface area contributed by atoms with E-state index in [1.807, 2.05) is 24.3 Å². The minimum atomic E-state index is -3.62. The van der Waals surface area contributed by atoms with Crippen molar-refractivity contribution >= 4 is 39.3 Å². The van der Waals surface area contributed by atoms with Gasteiger partial charge in [-0.25, -0.2) is 17.1 Å². The quantitative estimate of drug-likeness (QED) is 0.288. The molecule has 4 aromatic rings. The fourth-order valence-corrected chi connectivity index (χ4v) is 6.35. The molecule has 3 aromatic carbocycles. The standard InChI is InChI=1S/C29H29FN6O4S2/c1-34(2)42(39,40)24-15-9-21(10-16-24)28(38)31-18-26-32-33-29(36(26)23-13-11-22(30)12-14-23)41-19-27(37)35-17-5-7-20-6-3-4-8-25(20)35/h3-4,6,8-16H,5,7,17-19H2,1-2H3,(H,31,38). The highest BCUT2D eigenvalue weighted by Gasteiger charge is 2.24. The Morgan fingerprint density at radius 2 is 1.71 bits per heavy atom. The van der Waals surface area contributed by atoms with Crippen LogP contribution in [0, 0.1) is 5.82 Å². The second-order valence-electron chi connectivity index (χ2n) is 9.77. The summed E-state index contributed by atoms with van der Waals surface area (Å²) in [5.41, 5.74) is 2.90. The second-order valence-corrected chi connectivity index (χ2v) is 12.9. The Balaban J connectivity index is 1.32. The third-order valence-electron chi connectivity index (χ3n) is 6.82. The maximum absolute atomic E-state index is 13.7. The molecule has 1 aliphatic rings. The van der Waals surface area contributed by atoms with Crippen LogP contribution in [0.1, 0.15) is 28.2 Å². The lowest BCUT2D eigenvalue weighted by molar-refractivity contribution is -0.116. The summed E-state index contributed by atoms with van der Waals surface area (Å²) < 4.78 is 41.1. The Morgan fingerprint density at radius 3 is 2.43 bits per heavy atom. The first-order chi connectivity index (χ1) is 20.1. The van der Waals surface area contributed by atoms with Crippen molar-refractivity contribution in [2.24, 2.45) is 0 Å². The summed E-state index contributed by atoms with van der Waals surface area (Å²) in [7, 11) is -0.755. The molecule has 0 spiro atoms. The predicted octanol–water partition coefficient (Wildman–Crippen LogP) is 3.66. The maximum atomic E-state index is 13.7. The van der Waals surface area contributed by atoms with Gasteiger partial charge in [0.1, 0.15) is 5.82 Å². The molecular formula is C29H29FN6O4S2. The monoisotopic (exact) mass is 608 g/mol. The van der Waals surface area contributed by atoms with E-state index < -0.39 is 21.7 Å². The summed E-state index contributed by atoms with van der Waals surface area (Å²) in [6, 6.07) is 19.2. The highest BCUT2D eigenvalue weighted by molar-refractivity contribution is 7.99. The topological polar surface area (TPSA) is 118 Å². The van der Waals surface area contributed by atoms with Gasteiger partial charge in [0.15, 0.2) is 11.0 Å². The summed E-state index contributed by atoms with van der Waals surface area (Å²) in [5.74, 6) is -0.419. The summed E-state index contributed by atoms with van der Waals surface area (Å²) in [4.78, 5) is 28.0. The number of fused-ring (bicyclic) bond motifs is 1. The zero-order valence-corrected chi connectivity index (χ0v) is 24.7. The molecule has 10 nitrogen and oxygen atoms in total. The van der Waals surface area contributed by atoms with Crippen LogP contribution in [0.5, 0.6) is 0 Å². The summed E-state index contributed by atoms with van der Waals surface area (Å²) in [6.07, 6.45) is 1.82. The van der Waals surface area contributed by atoms with Gasteiger partial charge in [0, 0.05) is 37.6 Å². The molecule has 42 heavy (non-hydrogen) atoms. The van der Waals surface area contributed by atoms with Crippen molar-refractivity contribution in [1.29, 1.82) is 0 Å². The first kappa shape index (κ1) is 29.4. The fraction of sp³-hybridized carbons (Fsp3) is 0.241. The van der Waals surface area contributed by atoms with Crippen molar-refractivity contribution in [3.05, 3.63) is 95.6 Å². The van der Waals surface area contributed by atoms with Crippen molar-refractivity contribution in [3.8, 4) is 5.69 Å². The number of sulfonamides is 1. The summed E-state index contributed by atoms with van der Waals surface area (Å²) in [5, 5.41) is 11.7. The predicted molar refractivity (Wildman–Crippen MR) is 158 cm³/mol. The van der Waals surface area contributed by atoms with Crippen LogP contribution in [0.4, 0.5) is 10.1 Å². The van der Waals surface area contributed by atoms with Crippen LogP contribution in [0.15, 0.2) is 82.8 Å². The fourth-order valence-electron chi connectivity index (χ4n) is 4.61. The Kier molecular flexibility index (Phi) is 8.71. The van der Waals surface area contributed by atoms with Crippen LogP contribution in [-0.2, 0) is 27.8 Å². The number of aryl methyl sites for hydroxylation is 1. The molecule has 0 saturated heterocycles. The van der Waals surface area contributed by atoms with Gasteiger partial charge in [-0.1, -0.05) is 30.0 Å². The average molecular weight is 609 g/mol. The van der Waals surface area contributed by atoms with Gasteiger partial charge in [0.25, 0.3) is 5.91 Å². The van der Waals surface area contributed by atoms with Gasteiger partial charge in [-0.3, -0.25) is 14.2 Å². The Bertz CT molecular complexity index is 1710. The Hall–Kier alpha value is -4.07. The lowest BCUT2D eigenvalue weighted by atomic mass is 10.0. The number of anilines is 1. The molecule has 0 atom stereocenters. The molecule has 0 fully saturated rings. The molecule has 1 aromatic heterocycles. The van der Waals surface area contributed by atoms with Gasteiger partial charge in [-0.15, -0.1) is 10.2 Å². The average Bonchev–Trinajstić information content (AvgIpc) is 3.41. The minimum Gasteiger partial charge on any atom is -0.345 e. The number of rotatable bonds is 9. The van der Waals surface area contributed by atoms with Gasteiger partial charge >= 0.3 is 0 Å². The van der Waals surface area contributed by atoms with Crippen LogP contribution in [0.2, 0.25) is 0 Å². The van der Waals surface area contributed by atoms with Crippen molar-refractivity contribution in [2.45, 2.75) is 29.4 Å². The van der Waals surface area contributed by atoms with E-state index in [1.165, 1.54) is 62.3 Å². The summed E-state index contributed by atoms with van der Waals surface area (Å²) >= 11 is 1.21. The minimum absolute atomic E-state index is 0.0189. The molecule has 2 heterocycles. The number of carbonyl (C=O) groups excluding carboxylic acids is 2. The van der Waals surface area contributed by atoms with Crippen molar-refractivity contribution in [3.63, 3.8) is 0 Å². The van der Waals surface area contributed by atoms with E-state index in [-0.39, 0.29) is 28.7 Å². The van der Waals surface area contributed by atoms with Gasteiger partial charge < -0.3 is 10.2 Å². The number of amides is 2. The molecule has 0 aliphatic carbocycles. The highest BCUT2D eigenvalue weighted by Crippen LogP contribution is 2.29. The molecule has 2 amide bonds. The van der Waals surface area contributed by atoms with Crippen LogP contribution in [0.25, 0.3) is 5.69 Å². The number of nitrogens with one attached hydrogen (secondary N) is 1. The highest BCUT2D eigenvalue weighted by atomic mass is 32.2. The normalized spacial score (nSPS) is 13.2. The summed E-state index contributed by atoms with van der Waals surface area (Å²) in [6.45, 7) is 0.620. The van der Waals surface area contributed by atoms with E-state index in [0.29, 0.717) is 23.2 Å². The van der Waals surface area contributed by atoms with E-state index in [1.54, 1.807) is 21.6 Å². The van der Waals surface area contributed by atoms with Crippen molar-refractivity contribution in [2.75, 3.05) is 31.3 Å². The molecule has 1 aliphatic heterocycles. The number of halogens is 1. The zero-order valence-electron chi connectivity index (χ0n) is 23.0. The Labute approximate surface area is 247 Å². The zero-order chi connectivity index (χ0) is 29.9. The SMILES string of the molecule is CN(C)S(=O)(=O)c1ccc(C(=O)NCc2nnc(SCC(=O)N3CCCc4ccccc43)n2-c2ccc(F)cc2)cc1. The van der Waals surface area contributed by atoms with Crippen LogP contribution < -0.4 is 10.2 Å². The third kappa shape index (κ3) is 6.22. The molecule has 5 rings (SSSR count). The van der Waals surface area contributed by atoms with E-state index in [0.717, 1.165) is 28.4 Å². The maximum Gasteiger partial charge on any atom is 0.251 e. The van der Waals surface area contributed by atoms with Gasteiger partial charge in [-0.05, 0) is 73.0 Å². The largest absolute Gasteiger partial charge is 0.345 e. The van der Waals surface area contributed by atoms with E-state index in [9.17, 15) is 22.4 Å². The molecule has 13 heteroatoms. The number of thioether (sulfide) groups is 1. The number of nitrogens with zero attached hydrogens (tertiary/aromatic N) is 5. The van der Waals surface area contributed by atoms with Crippen LogP contribution in [-0.4, -0.2) is 65.7 Å². The van der Waals surface area contributed by atoms with Crippen LogP contribution >= 0.6 is 11.8 Å². The van der Waals surface area contributed by atoms with Crippen molar-refractivity contribution in [1.82, 2.24) is 24.4 Å². The number of aromatic nitrogens is 3. The number of hydrogen-bond donors (Lipinski definition) is 1. The number of hydrogen-bond acceptors (Lipinski definition) is 7. The second kappa shape index (κ2) is 12.4. The molecule has 0 saturated carbocycles. The number of benzene rings is 3. The van der Waals surface area contributed by atoms with Gasteiger partial charge in [0.05, 0.1) is 17.2 Å². The van der Waals surface area contributed by atoms with E-state index in [4.69, 9.17) is 0 Å². The molecule has 218 valence electrons. The third-order valence-corrected chi connectivity index (χ3v) is 9.57. The Morgan fingerprint density at radius 1 is 1.00 bits per heavy atom. The number of para-hydroxylation sites is 1. The molecule has 1 N–H and O–H groups in total. The molecular weight excluding hydrogens is 579 g/mol. The first-order valence-electron chi connectivity index (χ1n) is 13.2. The lowest BCUT2D eigenvalue weighted by Gasteiger charge is -2.29. The van der Waals surface area contributed by atoms with E-state index in [2.05, 4.69) is 15.5 Å². The van der Waals surface area contributed by atoms with E-state index >= 15 is 0 Å². The molecule has 0 unspecified atom stereocenters. The molecule has 0 bridgehead atoms. The van der Waals surface area contributed by atoms with Gasteiger partial charge in [0.2, 0.25) is 15.9 Å². The lowest BCUT2D eigenvalue weighted by Crippen LogP contribution is -2.36. The van der Waals surface area contributed by atoms with Crippen LogP contribution in [0.3, 0.4) is 0 Å². The number of carbonyl (C=O) groups is 2. The smallest absolute Gasteiger partial charge is 0.251 e. The van der Waals surface area contributed by atoms with Gasteiger partial charge in [-0.2, -0.15) is 0 Å². The molecule has 0 radical (unpaired) electrons. The first-order valence-corrected chi connectivity index (χ1v) is 15.6.